The van der Waals surface area contributed by atoms with Crippen molar-refractivity contribution in [3.8, 4) is 0 Å². The molecule has 0 aromatic carbocycles. The van der Waals surface area contributed by atoms with Crippen molar-refractivity contribution >= 4 is 58.3 Å². The van der Waals surface area contributed by atoms with E-state index in [1.807, 2.05) is 0 Å². The molecule has 0 atom stereocenters. The molecule has 0 radical (unpaired) electrons. The zero-order valence-electron chi connectivity index (χ0n) is 16.7. The molecule has 8 heteroatoms. The molecule has 2 fully saturated rings. The first-order chi connectivity index (χ1) is 11.6. The van der Waals surface area contributed by atoms with Gasteiger partial charge in [0.2, 0.25) is 0 Å². The molecule has 2 rings (SSSR count). The van der Waals surface area contributed by atoms with Gasteiger partial charge in [-0.2, -0.15) is 0 Å². The Morgan fingerprint density at radius 1 is 0.654 bits per heavy atom. The smallest absolute Gasteiger partial charge is 0.412 e. The minimum atomic E-state index is 0. The summed E-state index contributed by atoms with van der Waals surface area (Å²) in [7, 11) is 0. The molecule has 2 aliphatic carbocycles. The normalized spacial score (nSPS) is 17.5. The third-order valence-electron chi connectivity index (χ3n) is 5.09. The van der Waals surface area contributed by atoms with E-state index in [2.05, 4.69) is 10.6 Å². The third kappa shape index (κ3) is 18.3. The molecule has 2 nitrogen and oxygen atoms in total. The molecule has 0 spiro atoms. The quantitative estimate of drug-likeness (QED) is 0.299. The van der Waals surface area contributed by atoms with Crippen molar-refractivity contribution in [3.63, 3.8) is 0 Å². The molecule has 0 aromatic heterocycles. The summed E-state index contributed by atoms with van der Waals surface area (Å²) >= 11 is 19.1. The number of hydrogen-bond acceptors (Lipinski definition) is 4. The van der Waals surface area contributed by atoms with Crippen molar-refractivity contribution in [3.05, 3.63) is 0 Å². The average Bonchev–Trinajstić information content (AvgIpc) is 2.57. The van der Waals surface area contributed by atoms with E-state index in [9.17, 15) is 0 Å². The summed E-state index contributed by atoms with van der Waals surface area (Å²) in [6.07, 6.45) is 16.7. The van der Waals surface area contributed by atoms with E-state index in [0.29, 0.717) is 8.64 Å². The Bertz CT molecular complexity index is 327. The van der Waals surface area contributed by atoms with Crippen molar-refractivity contribution < 1.29 is 59.1 Å². The van der Waals surface area contributed by atoms with Gasteiger partial charge in [0.25, 0.3) is 0 Å². The Kier molecular flexibility index (Phi) is 24.0. The predicted molar refractivity (Wildman–Crippen MR) is 118 cm³/mol. The molecule has 26 heavy (non-hydrogen) atoms. The van der Waals surface area contributed by atoms with Gasteiger partial charge < -0.3 is 60.3 Å². The van der Waals surface area contributed by atoms with Crippen LogP contribution in [-0.2, 0) is 25.3 Å². The molecule has 0 amide bonds. The van der Waals surface area contributed by atoms with Gasteiger partial charge in [-0.25, -0.2) is 0 Å². The number of thiocarbonyl (C=S) groups is 2. The van der Waals surface area contributed by atoms with Crippen LogP contribution in [-0.4, -0.2) is 21.7 Å². The van der Waals surface area contributed by atoms with E-state index in [1.165, 1.54) is 77.0 Å². The minimum Gasteiger partial charge on any atom is -0.412 e. The molecule has 0 aromatic rings. The molecule has 2 saturated carbocycles. The molecule has 0 bridgehead atoms. The molecule has 0 saturated heterocycles. The molecular formula is C18H32N2Na2S4. The summed E-state index contributed by atoms with van der Waals surface area (Å²) < 4.78 is 1.04. The Morgan fingerprint density at radius 3 is 1.23 bits per heavy atom. The molecule has 2 N–H and O–H groups in total. The Balaban J connectivity index is 0. The molecule has 0 heterocycles. The van der Waals surface area contributed by atoms with Crippen LogP contribution in [0.2, 0.25) is 0 Å². The number of hydrogen-bond donors (Lipinski definition) is 2. The summed E-state index contributed by atoms with van der Waals surface area (Å²) in [5.74, 6) is 1.85. The largest absolute Gasteiger partial charge is 1.00 e. The second kappa shape index (κ2) is 20.5. The first kappa shape index (κ1) is 30.4. The SMILES string of the molecule is S=C([S-])NCCC1CCCCC1.S=C([S-])NCCC1CCCCC1.[Na+].[Na+]. The second-order valence-electron chi connectivity index (χ2n) is 7.01. The van der Waals surface area contributed by atoms with Crippen LogP contribution in [0.1, 0.15) is 77.0 Å². The van der Waals surface area contributed by atoms with Crippen LogP contribution >= 0.6 is 24.4 Å². The van der Waals surface area contributed by atoms with Crippen LogP contribution in [0, 0.1) is 11.8 Å². The van der Waals surface area contributed by atoms with Gasteiger partial charge >= 0.3 is 59.1 Å². The maximum Gasteiger partial charge on any atom is 1.00 e. The van der Waals surface area contributed by atoms with E-state index in [1.54, 1.807) is 0 Å². The molecule has 140 valence electrons. The predicted octanol–water partition coefficient (Wildman–Crippen LogP) is -1.24. The van der Waals surface area contributed by atoms with Crippen LogP contribution < -0.4 is 69.7 Å². The van der Waals surface area contributed by atoms with Crippen LogP contribution in [0.5, 0.6) is 0 Å². The first-order valence-corrected chi connectivity index (χ1v) is 11.1. The van der Waals surface area contributed by atoms with E-state index < -0.39 is 0 Å². The third-order valence-corrected chi connectivity index (χ3v) is 5.67. The maximum absolute atomic E-state index is 4.77. The van der Waals surface area contributed by atoms with E-state index in [0.717, 1.165) is 24.9 Å². The fraction of sp³-hybridized carbons (Fsp3) is 0.889. The van der Waals surface area contributed by atoms with E-state index in [4.69, 9.17) is 49.7 Å². The van der Waals surface area contributed by atoms with E-state index >= 15 is 0 Å². The van der Waals surface area contributed by atoms with Gasteiger partial charge in [-0.05, 0) is 24.7 Å². The average molecular weight is 451 g/mol. The van der Waals surface area contributed by atoms with Gasteiger partial charge in [0.1, 0.15) is 0 Å². The number of nitrogens with one attached hydrogen (secondary N) is 2. The summed E-state index contributed by atoms with van der Waals surface area (Å²) in [5, 5.41) is 6.08. The monoisotopic (exact) mass is 450 g/mol. The van der Waals surface area contributed by atoms with E-state index in [-0.39, 0.29) is 59.1 Å². The van der Waals surface area contributed by atoms with Crippen LogP contribution in [0.25, 0.3) is 0 Å². The van der Waals surface area contributed by atoms with Gasteiger partial charge in [-0.15, -0.1) is 0 Å². The van der Waals surface area contributed by atoms with Crippen molar-refractivity contribution in [1.29, 1.82) is 0 Å². The topological polar surface area (TPSA) is 24.1 Å². The first-order valence-electron chi connectivity index (χ1n) is 9.47. The Morgan fingerprint density at radius 2 is 0.962 bits per heavy atom. The maximum atomic E-state index is 4.77. The molecule has 2 aliphatic rings. The summed E-state index contributed by atoms with van der Waals surface area (Å²) in [6, 6.07) is 0. The van der Waals surface area contributed by atoms with Crippen LogP contribution in [0.3, 0.4) is 0 Å². The van der Waals surface area contributed by atoms with Gasteiger partial charge in [-0.3, -0.25) is 0 Å². The van der Waals surface area contributed by atoms with Gasteiger partial charge in [0.15, 0.2) is 0 Å². The zero-order chi connectivity index (χ0) is 17.6. The van der Waals surface area contributed by atoms with Crippen LogP contribution in [0.15, 0.2) is 0 Å². The van der Waals surface area contributed by atoms with Crippen molar-refractivity contribution in [2.75, 3.05) is 13.1 Å². The number of rotatable bonds is 6. The minimum absolute atomic E-state index is 0. The molecule has 0 unspecified atom stereocenters. The fourth-order valence-corrected chi connectivity index (χ4v) is 4.12. The fourth-order valence-electron chi connectivity index (χ4n) is 3.71. The Labute approximate surface area is 227 Å². The Hall–Kier alpha value is 2.22. The van der Waals surface area contributed by atoms with Crippen molar-refractivity contribution in [2.45, 2.75) is 77.0 Å². The van der Waals surface area contributed by atoms with Crippen LogP contribution in [0.4, 0.5) is 0 Å². The molecular weight excluding hydrogens is 418 g/mol. The zero-order valence-corrected chi connectivity index (χ0v) is 24.0. The summed E-state index contributed by atoms with van der Waals surface area (Å²) in [6.45, 7) is 1.96. The van der Waals surface area contributed by atoms with Crippen molar-refractivity contribution in [1.82, 2.24) is 10.6 Å². The molecule has 0 aliphatic heterocycles. The standard InChI is InChI=1S/2C9H17NS2.2Na/c2*11-9(12)10-7-6-8-4-2-1-3-5-8;;/h2*8H,1-7H2,(H2,10,11,12);;/q;;2*+1/p-2. The van der Waals surface area contributed by atoms with Gasteiger partial charge in [0, 0.05) is 13.1 Å². The van der Waals surface area contributed by atoms with Gasteiger partial charge in [0.05, 0.1) is 0 Å². The second-order valence-corrected chi connectivity index (χ2v) is 9.16. The van der Waals surface area contributed by atoms with Gasteiger partial charge in [-0.1, -0.05) is 72.8 Å². The summed E-state index contributed by atoms with van der Waals surface area (Å²) in [5.41, 5.74) is 0. The van der Waals surface area contributed by atoms with Crippen molar-refractivity contribution in [2.24, 2.45) is 11.8 Å². The summed E-state index contributed by atoms with van der Waals surface area (Å²) in [4.78, 5) is 0.